The molecule has 9 heteroatoms. The fraction of sp³-hybridized carbons (Fsp3) is 0.412. The second kappa shape index (κ2) is 10.7. The van der Waals surface area contributed by atoms with Crippen molar-refractivity contribution in [1.82, 2.24) is 10.6 Å². The van der Waals surface area contributed by atoms with Crippen molar-refractivity contribution >= 4 is 17.9 Å². The number of alkyl carbamates (subject to hydrolysis) is 1. The van der Waals surface area contributed by atoms with Crippen molar-refractivity contribution in [2.45, 2.75) is 32.0 Å². The summed E-state index contributed by atoms with van der Waals surface area (Å²) in [5, 5.41) is 22.6. The van der Waals surface area contributed by atoms with E-state index in [1.165, 1.54) is 0 Å². The number of aliphatic hydroxyl groups excluding tert-OH is 1. The predicted octanol–water partition coefficient (Wildman–Crippen LogP) is -0.206. The molecule has 0 saturated carbocycles. The van der Waals surface area contributed by atoms with Gasteiger partial charge in [0.25, 0.3) is 0 Å². The van der Waals surface area contributed by atoms with Crippen LogP contribution < -0.4 is 16.4 Å². The number of carbonyl (C=O) groups excluding carboxylic acids is 3. The second-order valence-corrected chi connectivity index (χ2v) is 5.67. The summed E-state index contributed by atoms with van der Waals surface area (Å²) in [5.41, 5.74) is 5.99. The van der Waals surface area contributed by atoms with Crippen LogP contribution in [-0.2, 0) is 20.9 Å². The standard InChI is InChI=1S/C17H22N4O5/c1-11(7-8-18)14(15(19)23)21-16(24)13(9-22)20-17(25)26-10-12-5-3-2-4-6-12/h2-6,11,13-14,22H,7,9-10H2,1H3,(H2,19,23)(H,20,25)(H,21,24)/t11-,13-,14-/m0/s1. The number of nitrogens with one attached hydrogen (secondary N) is 2. The first-order valence-electron chi connectivity index (χ1n) is 7.93. The van der Waals surface area contributed by atoms with Crippen molar-refractivity contribution in [1.29, 1.82) is 5.26 Å². The molecule has 140 valence electrons. The molecule has 0 saturated heterocycles. The summed E-state index contributed by atoms with van der Waals surface area (Å²) >= 11 is 0. The van der Waals surface area contributed by atoms with E-state index in [-0.39, 0.29) is 13.0 Å². The van der Waals surface area contributed by atoms with E-state index in [9.17, 15) is 19.5 Å². The summed E-state index contributed by atoms with van der Waals surface area (Å²) in [4.78, 5) is 35.4. The number of aliphatic hydroxyl groups is 1. The smallest absolute Gasteiger partial charge is 0.408 e. The molecule has 0 aliphatic carbocycles. The third kappa shape index (κ3) is 6.78. The predicted molar refractivity (Wildman–Crippen MR) is 91.2 cm³/mol. The lowest BCUT2D eigenvalue weighted by Crippen LogP contribution is -2.56. The number of nitrogens with zero attached hydrogens (tertiary/aromatic N) is 1. The van der Waals surface area contributed by atoms with E-state index >= 15 is 0 Å². The molecule has 0 heterocycles. The third-order valence-corrected chi connectivity index (χ3v) is 3.59. The minimum atomic E-state index is -1.32. The number of hydrogen-bond donors (Lipinski definition) is 4. The molecule has 9 nitrogen and oxygen atoms in total. The SMILES string of the molecule is C[C@@H](CC#N)[C@H](NC(=O)[C@H](CO)NC(=O)OCc1ccccc1)C(N)=O. The van der Waals surface area contributed by atoms with Crippen molar-refractivity contribution in [2.75, 3.05) is 6.61 Å². The molecular formula is C17H22N4O5. The molecule has 1 rings (SSSR count). The Labute approximate surface area is 151 Å². The number of benzene rings is 1. The molecule has 3 atom stereocenters. The maximum atomic E-state index is 12.2. The van der Waals surface area contributed by atoms with E-state index in [2.05, 4.69) is 10.6 Å². The van der Waals surface area contributed by atoms with Gasteiger partial charge in [0.15, 0.2) is 0 Å². The Hall–Kier alpha value is -3.12. The van der Waals surface area contributed by atoms with E-state index in [1.807, 2.05) is 12.1 Å². The second-order valence-electron chi connectivity index (χ2n) is 5.67. The summed E-state index contributed by atoms with van der Waals surface area (Å²) in [7, 11) is 0. The average molecular weight is 362 g/mol. The van der Waals surface area contributed by atoms with Gasteiger partial charge in [-0.25, -0.2) is 4.79 Å². The highest BCUT2D eigenvalue weighted by molar-refractivity contribution is 5.90. The highest BCUT2D eigenvalue weighted by Gasteiger charge is 2.29. The van der Waals surface area contributed by atoms with Crippen LogP contribution in [0.3, 0.4) is 0 Å². The molecule has 0 fully saturated rings. The van der Waals surface area contributed by atoms with E-state index in [4.69, 9.17) is 15.7 Å². The summed E-state index contributed by atoms with van der Waals surface area (Å²) in [6, 6.07) is 8.37. The van der Waals surface area contributed by atoms with Crippen LogP contribution in [0.4, 0.5) is 4.79 Å². The Balaban J connectivity index is 2.60. The van der Waals surface area contributed by atoms with Gasteiger partial charge in [-0.3, -0.25) is 9.59 Å². The van der Waals surface area contributed by atoms with Crippen molar-refractivity contribution in [3.63, 3.8) is 0 Å². The zero-order valence-corrected chi connectivity index (χ0v) is 14.3. The molecule has 0 spiro atoms. The van der Waals surface area contributed by atoms with Crippen LogP contribution in [0.5, 0.6) is 0 Å². The van der Waals surface area contributed by atoms with Crippen LogP contribution in [0, 0.1) is 17.2 Å². The summed E-state index contributed by atoms with van der Waals surface area (Å²) in [6.45, 7) is 0.869. The van der Waals surface area contributed by atoms with Gasteiger partial charge < -0.3 is 26.2 Å². The van der Waals surface area contributed by atoms with Gasteiger partial charge in [-0.2, -0.15) is 5.26 Å². The van der Waals surface area contributed by atoms with Crippen LogP contribution in [0.2, 0.25) is 0 Å². The minimum Gasteiger partial charge on any atom is -0.445 e. The third-order valence-electron chi connectivity index (χ3n) is 3.59. The average Bonchev–Trinajstić information content (AvgIpc) is 2.62. The fourth-order valence-corrected chi connectivity index (χ4v) is 2.11. The van der Waals surface area contributed by atoms with Gasteiger partial charge in [0.1, 0.15) is 18.7 Å². The first kappa shape index (κ1) is 20.9. The fourth-order valence-electron chi connectivity index (χ4n) is 2.11. The quantitative estimate of drug-likeness (QED) is 0.476. The Morgan fingerprint density at radius 2 is 1.92 bits per heavy atom. The molecule has 0 aliphatic rings. The van der Waals surface area contributed by atoms with Crippen LogP contribution in [0.25, 0.3) is 0 Å². The summed E-state index contributed by atoms with van der Waals surface area (Å²) < 4.78 is 4.97. The highest BCUT2D eigenvalue weighted by Crippen LogP contribution is 2.07. The number of nitrogens with two attached hydrogens (primary N) is 1. The molecule has 0 radical (unpaired) electrons. The zero-order valence-electron chi connectivity index (χ0n) is 14.3. The first-order chi connectivity index (χ1) is 12.4. The van der Waals surface area contributed by atoms with Crippen LogP contribution in [0.1, 0.15) is 18.9 Å². The van der Waals surface area contributed by atoms with Gasteiger partial charge in [-0.15, -0.1) is 0 Å². The summed E-state index contributed by atoms with van der Waals surface area (Å²) in [5.74, 6) is -2.15. The molecule has 0 unspecified atom stereocenters. The molecule has 5 N–H and O–H groups in total. The molecule has 3 amide bonds. The number of rotatable bonds is 9. The maximum Gasteiger partial charge on any atom is 0.408 e. The molecular weight excluding hydrogens is 340 g/mol. The zero-order chi connectivity index (χ0) is 19.5. The Kier molecular flexibility index (Phi) is 8.60. The van der Waals surface area contributed by atoms with Gasteiger partial charge in [0.2, 0.25) is 11.8 Å². The number of hydrogen-bond acceptors (Lipinski definition) is 6. The lowest BCUT2D eigenvalue weighted by atomic mass is 9.98. The van der Waals surface area contributed by atoms with Crippen molar-refractivity contribution < 1.29 is 24.2 Å². The first-order valence-corrected chi connectivity index (χ1v) is 7.93. The molecule has 0 aliphatic heterocycles. The van der Waals surface area contributed by atoms with Gasteiger partial charge in [0.05, 0.1) is 12.7 Å². The van der Waals surface area contributed by atoms with E-state index in [0.29, 0.717) is 0 Å². The van der Waals surface area contributed by atoms with E-state index < -0.39 is 42.5 Å². The van der Waals surface area contributed by atoms with Gasteiger partial charge >= 0.3 is 6.09 Å². The highest BCUT2D eigenvalue weighted by atomic mass is 16.5. The monoisotopic (exact) mass is 362 g/mol. The van der Waals surface area contributed by atoms with Crippen molar-refractivity contribution in [2.24, 2.45) is 11.7 Å². The number of nitriles is 1. The summed E-state index contributed by atoms with van der Waals surface area (Å²) in [6.07, 6.45) is -0.895. The Morgan fingerprint density at radius 3 is 2.46 bits per heavy atom. The number of carbonyl (C=O) groups is 3. The van der Waals surface area contributed by atoms with Gasteiger partial charge in [-0.05, 0) is 11.5 Å². The number of ether oxygens (including phenoxy) is 1. The molecule has 1 aromatic rings. The van der Waals surface area contributed by atoms with Crippen LogP contribution in [0.15, 0.2) is 30.3 Å². The van der Waals surface area contributed by atoms with Crippen LogP contribution >= 0.6 is 0 Å². The van der Waals surface area contributed by atoms with Crippen LogP contribution in [-0.4, -0.2) is 41.7 Å². The molecule has 0 bridgehead atoms. The molecule has 0 aromatic heterocycles. The van der Waals surface area contributed by atoms with Crippen molar-refractivity contribution in [3.05, 3.63) is 35.9 Å². The van der Waals surface area contributed by atoms with E-state index in [1.54, 1.807) is 31.2 Å². The van der Waals surface area contributed by atoms with Gasteiger partial charge in [0, 0.05) is 6.42 Å². The maximum absolute atomic E-state index is 12.2. The normalized spacial score (nSPS) is 13.6. The van der Waals surface area contributed by atoms with Crippen molar-refractivity contribution in [3.8, 4) is 6.07 Å². The largest absolute Gasteiger partial charge is 0.445 e. The van der Waals surface area contributed by atoms with E-state index in [0.717, 1.165) is 5.56 Å². The Bertz CT molecular complexity index is 659. The lowest BCUT2D eigenvalue weighted by molar-refractivity contribution is -0.130. The topological polar surface area (TPSA) is 155 Å². The molecule has 1 aromatic carbocycles. The Morgan fingerprint density at radius 1 is 1.27 bits per heavy atom. The van der Waals surface area contributed by atoms with Gasteiger partial charge in [-0.1, -0.05) is 37.3 Å². The lowest BCUT2D eigenvalue weighted by Gasteiger charge is -2.23. The minimum absolute atomic E-state index is 0.00419. The molecule has 26 heavy (non-hydrogen) atoms. The number of amides is 3. The number of primary amides is 1.